The molecule has 52 heavy (non-hydrogen) atoms. The minimum absolute atomic E-state index is 0.0648. The first-order valence-electron chi connectivity index (χ1n) is 17.5. The summed E-state index contributed by atoms with van der Waals surface area (Å²) in [5, 5.41) is 0. The monoisotopic (exact) mass is 699 g/mol. The second kappa shape index (κ2) is 19.8. The fraction of sp³-hybridized carbons (Fsp3) is 0.279. The highest BCUT2D eigenvalue weighted by atomic mass is 16.7. The molecule has 0 aliphatic rings. The molecule has 0 unspecified atom stereocenters. The van der Waals surface area contributed by atoms with Crippen molar-refractivity contribution in [2.24, 2.45) is 0 Å². The predicted molar refractivity (Wildman–Crippen MR) is 200 cm³/mol. The quantitative estimate of drug-likeness (QED) is 0.0280. The zero-order chi connectivity index (χ0) is 36.5. The Bertz CT molecular complexity index is 1910. The summed E-state index contributed by atoms with van der Waals surface area (Å²) < 4.78 is 21.4. The van der Waals surface area contributed by atoms with Crippen LogP contribution >= 0.6 is 0 Å². The molecule has 0 saturated heterocycles. The Balaban J connectivity index is 1.24. The molecule has 2 heterocycles. The fourth-order valence-corrected chi connectivity index (χ4v) is 5.55. The summed E-state index contributed by atoms with van der Waals surface area (Å²) in [6.45, 7) is 5.12. The number of aryl methyl sites for hydroxylation is 1. The first kappa shape index (κ1) is 37.7. The standard InChI is InChI=1S/C43H45N3O6/c1-4-51-41(48)13-9-8-12-39(47)42-43(52-29-35-10-6-5-7-11-35)31(2)45-40(46-42)27-34-18-21-37(22-19-34)38-23-20-36(28-44-38)26-33-16-14-32(15-17-33)24-25-50-30-49-3/h5-11,14-23,28H,4,12-13,24-27,29-30H2,1-3H3/b9-8+. The lowest BCUT2D eigenvalue weighted by molar-refractivity contribution is -0.142. The highest BCUT2D eigenvalue weighted by Crippen LogP contribution is 2.26. The number of allylic oxidation sites excluding steroid dienone is 1. The van der Waals surface area contributed by atoms with Gasteiger partial charge in [0.05, 0.1) is 31.0 Å². The molecule has 0 amide bonds. The van der Waals surface area contributed by atoms with E-state index in [1.54, 1.807) is 26.2 Å². The predicted octanol–water partition coefficient (Wildman–Crippen LogP) is 7.85. The molecule has 0 atom stereocenters. The second-order valence-corrected chi connectivity index (χ2v) is 12.3. The van der Waals surface area contributed by atoms with Crippen molar-refractivity contribution >= 4 is 11.8 Å². The number of hydrogen-bond acceptors (Lipinski definition) is 9. The Kier molecular flexibility index (Phi) is 14.3. The summed E-state index contributed by atoms with van der Waals surface area (Å²) in [5.41, 5.74) is 8.26. The van der Waals surface area contributed by atoms with Gasteiger partial charge in [0.15, 0.2) is 17.2 Å². The van der Waals surface area contributed by atoms with Gasteiger partial charge in [-0.1, -0.05) is 97.1 Å². The Morgan fingerprint density at radius 3 is 2.15 bits per heavy atom. The molecule has 0 radical (unpaired) electrons. The van der Waals surface area contributed by atoms with Crippen molar-refractivity contribution < 1.29 is 28.5 Å². The van der Waals surface area contributed by atoms with Crippen molar-refractivity contribution in [1.29, 1.82) is 0 Å². The summed E-state index contributed by atoms with van der Waals surface area (Å²) >= 11 is 0. The third-order valence-corrected chi connectivity index (χ3v) is 8.24. The summed E-state index contributed by atoms with van der Waals surface area (Å²) in [7, 11) is 1.62. The smallest absolute Gasteiger partial charge is 0.309 e. The van der Waals surface area contributed by atoms with Gasteiger partial charge >= 0.3 is 5.97 Å². The lowest BCUT2D eigenvalue weighted by atomic mass is 10.0. The van der Waals surface area contributed by atoms with Gasteiger partial charge in [-0.3, -0.25) is 14.6 Å². The molecule has 5 aromatic rings. The third-order valence-electron chi connectivity index (χ3n) is 8.24. The van der Waals surface area contributed by atoms with Crippen LogP contribution in [0.25, 0.3) is 11.3 Å². The van der Waals surface area contributed by atoms with Gasteiger partial charge in [0.1, 0.15) is 19.2 Å². The molecule has 9 heteroatoms. The molecule has 0 aliphatic heterocycles. The number of carbonyl (C=O) groups excluding carboxylic acids is 2. The molecule has 5 rings (SSSR count). The average molecular weight is 700 g/mol. The topological polar surface area (TPSA) is 110 Å². The number of benzene rings is 3. The number of ether oxygens (including phenoxy) is 4. The molecule has 0 spiro atoms. The van der Waals surface area contributed by atoms with E-state index in [4.69, 9.17) is 33.9 Å². The highest BCUT2D eigenvalue weighted by Gasteiger charge is 2.20. The van der Waals surface area contributed by atoms with Crippen LogP contribution in [-0.4, -0.2) is 53.8 Å². The maximum absolute atomic E-state index is 13.4. The van der Waals surface area contributed by atoms with Crippen LogP contribution < -0.4 is 4.74 Å². The van der Waals surface area contributed by atoms with E-state index >= 15 is 0 Å². The van der Waals surface area contributed by atoms with Gasteiger partial charge in [-0.25, -0.2) is 9.97 Å². The van der Waals surface area contributed by atoms with Crippen LogP contribution in [0.5, 0.6) is 5.75 Å². The van der Waals surface area contributed by atoms with Gasteiger partial charge in [0, 0.05) is 31.7 Å². The van der Waals surface area contributed by atoms with Crippen LogP contribution in [0.4, 0.5) is 0 Å². The Morgan fingerprint density at radius 1 is 0.750 bits per heavy atom. The Hall–Kier alpha value is -5.51. The van der Waals surface area contributed by atoms with Gasteiger partial charge in [0.2, 0.25) is 0 Å². The number of hydrogen-bond donors (Lipinski definition) is 0. The number of esters is 1. The average Bonchev–Trinajstić information content (AvgIpc) is 3.16. The summed E-state index contributed by atoms with van der Waals surface area (Å²) in [5.74, 6) is 0.324. The van der Waals surface area contributed by atoms with Gasteiger partial charge in [-0.2, -0.15) is 0 Å². The van der Waals surface area contributed by atoms with E-state index < -0.39 is 0 Å². The van der Waals surface area contributed by atoms with Crippen molar-refractivity contribution in [3.05, 3.63) is 154 Å². The maximum atomic E-state index is 13.4. The Morgan fingerprint density at radius 2 is 1.44 bits per heavy atom. The molecular weight excluding hydrogens is 654 g/mol. The summed E-state index contributed by atoms with van der Waals surface area (Å²) in [4.78, 5) is 39.3. The number of rotatable bonds is 19. The van der Waals surface area contributed by atoms with E-state index in [2.05, 4.69) is 30.3 Å². The van der Waals surface area contributed by atoms with Crippen LogP contribution in [0.1, 0.15) is 69.6 Å². The SMILES string of the molecule is CCOC(=O)C/C=C/CC(=O)c1nc(Cc2ccc(-c3ccc(Cc4ccc(CCOCOC)cc4)cn3)cc2)nc(C)c1OCc1ccccc1. The molecule has 3 aromatic carbocycles. The third kappa shape index (κ3) is 11.5. The van der Waals surface area contributed by atoms with E-state index in [0.717, 1.165) is 40.8 Å². The van der Waals surface area contributed by atoms with Crippen molar-refractivity contribution in [1.82, 2.24) is 15.0 Å². The van der Waals surface area contributed by atoms with Crippen LogP contribution in [0.3, 0.4) is 0 Å². The van der Waals surface area contributed by atoms with E-state index in [9.17, 15) is 9.59 Å². The van der Waals surface area contributed by atoms with Gasteiger partial charge in [-0.05, 0) is 60.6 Å². The highest BCUT2D eigenvalue weighted by molar-refractivity contribution is 5.98. The van der Waals surface area contributed by atoms with Crippen molar-refractivity contribution in [2.45, 2.75) is 52.6 Å². The maximum Gasteiger partial charge on any atom is 0.309 e. The number of nitrogens with zero attached hydrogens (tertiary/aromatic N) is 3. The molecule has 0 bridgehead atoms. The van der Waals surface area contributed by atoms with Crippen molar-refractivity contribution in [3.8, 4) is 17.0 Å². The van der Waals surface area contributed by atoms with Gasteiger partial charge in [-0.15, -0.1) is 0 Å². The molecule has 2 aromatic heterocycles. The number of Topliss-reactive ketones (excluding diaryl/α,β-unsaturated/α-hetero) is 1. The summed E-state index contributed by atoms with van der Waals surface area (Å²) in [6, 6.07) is 30.6. The molecular formula is C43H45N3O6. The number of aromatic nitrogens is 3. The minimum atomic E-state index is -0.337. The molecule has 9 nitrogen and oxygen atoms in total. The molecule has 0 fully saturated rings. The lowest BCUT2D eigenvalue weighted by Crippen LogP contribution is -2.12. The van der Waals surface area contributed by atoms with Crippen molar-refractivity contribution in [3.63, 3.8) is 0 Å². The minimum Gasteiger partial charge on any atom is -0.485 e. The first-order chi connectivity index (χ1) is 25.4. The molecule has 0 saturated carbocycles. The van der Waals surface area contributed by atoms with Crippen LogP contribution in [0.15, 0.2) is 109 Å². The fourth-order valence-electron chi connectivity index (χ4n) is 5.55. The zero-order valence-electron chi connectivity index (χ0n) is 30.0. The molecule has 0 N–H and O–H groups in total. The van der Waals surface area contributed by atoms with E-state index in [1.165, 1.54) is 11.1 Å². The largest absolute Gasteiger partial charge is 0.485 e. The van der Waals surface area contributed by atoms with Gasteiger partial charge < -0.3 is 18.9 Å². The van der Waals surface area contributed by atoms with E-state index in [1.807, 2.05) is 73.8 Å². The number of ketones is 1. The van der Waals surface area contributed by atoms with Crippen LogP contribution in [0, 0.1) is 6.92 Å². The second-order valence-electron chi connectivity index (χ2n) is 12.3. The normalized spacial score (nSPS) is 11.1. The Labute approximate surface area is 305 Å². The molecule has 0 aliphatic carbocycles. The number of pyridine rings is 1. The summed E-state index contributed by atoms with van der Waals surface area (Å²) in [6.07, 6.45) is 7.48. The van der Waals surface area contributed by atoms with Crippen molar-refractivity contribution in [2.75, 3.05) is 27.1 Å². The first-order valence-corrected chi connectivity index (χ1v) is 17.5. The van der Waals surface area contributed by atoms with Crippen LogP contribution in [0.2, 0.25) is 0 Å². The number of methoxy groups -OCH3 is 1. The van der Waals surface area contributed by atoms with Crippen LogP contribution in [-0.2, 0) is 44.9 Å². The van der Waals surface area contributed by atoms with E-state index in [-0.39, 0.29) is 36.9 Å². The van der Waals surface area contributed by atoms with E-state index in [0.29, 0.717) is 43.7 Å². The number of carbonyl (C=O) groups is 2. The molecule has 268 valence electrons. The van der Waals surface area contributed by atoms with Gasteiger partial charge in [0.25, 0.3) is 0 Å². The zero-order valence-corrected chi connectivity index (χ0v) is 30.0. The lowest BCUT2D eigenvalue weighted by Gasteiger charge is -2.14.